The van der Waals surface area contributed by atoms with Gasteiger partial charge in [0.2, 0.25) is 5.91 Å². The number of aromatic nitrogens is 2. The second-order valence-corrected chi connectivity index (χ2v) is 4.61. The summed E-state index contributed by atoms with van der Waals surface area (Å²) in [6, 6.07) is 1.35. The summed E-state index contributed by atoms with van der Waals surface area (Å²) < 4.78 is 0. The van der Waals surface area contributed by atoms with Crippen LogP contribution in [-0.2, 0) is 4.79 Å². The molecule has 1 saturated heterocycles. The highest BCUT2D eigenvalue weighted by atomic mass is 32.2. The van der Waals surface area contributed by atoms with E-state index in [9.17, 15) is 9.59 Å². The molecule has 0 spiro atoms. The summed E-state index contributed by atoms with van der Waals surface area (Å²) in [4.78, 5) is 31.6. The van der Waals surface area contributed by atoms with Gasteiger partial charge in [0, 0.05) is 24.9 Å². The number of rotatable bonds is 3. The smallest absolute Gasteiger partial charge is 0.253 e. The summed E-state index contributed by atoms with van der Waals surface area (Å²) in [6.45, 7) is 4.23. The Bertz CT molecular complexity index is 512. The first-order valence-electron chi connectivity index (χ1n) is 5.22. The van der Waals surface area contributed by atoms with Crippen LogP contribution >= 0.6 is 11.8 Å². The maximum atomic E-state index is 11.8. The van der Waals surface area contributed by atoms with Gasteiger partial charge in [-0.3, -0.25) is 14.5 Å². The molecule has 1 unspecified atom stereocenters. The van der Waals surface area contributed by atoms with Gasteiger partial charge in [-0.05, 0) is 6.26 Å². The minimum absolute atomic E-state index is 0.0138. The van der Waals surface area contributed by atoms with Crippen molar-refractivity contribution in [3.63, 3.8) is 0 Å². The van der Waals surface area contributed by atoms with Crippen molar-refractivity contribution in [3.05, 3.63) is 29.1 Å². The Hall–Kier alpha value is -1.56. The number of aromatic amines is 1. The number of carbonyl (C=O) groups excluding carboxylic acids is 1. The lowest BCUT2D eigenvalue weighted by Gasteiger charge is -2.14. The Balaban J connectivity index is 2.34. The van der Waals surface area contributed by atoms with Gasteiger partial charge in [0.05, 0.1) is 0 Å². The molecular formula is C11H13N3O2S. The molecule has 1 aromatic heterocycles. The maximum absolute atomic E-state index is 11.8. The van der Waals surface area contributed by atoms with E-state index in [1.807, 2.05) is 6.26 Å². The molecule has 90 valence electrons. The van der Waals surface area contributed by atoms with E-state index >= 15 is 0 Å². The molecule has 1 atom stereocenters. The predicted molar refractivity (Wildman–Crippen MR) is 67.3 cm³/mol. The van der Waals surface area contributed by atoms with Gasteiger partial charge >= 0.3 is 0 Å². The van der Waals surface area contributed by atoms with Gasteiger partial charge in [0.15, 0.2) is 5.16 Å². The number of thioether (sulfide) groups is 1. The molecule has 0 radical (unpaired) electrons. The average Bonchev–Trinajstić information content (AvgIpc) is 2.69. The van der Waals surface area contributed by atoms with Crippen LogP contribution in [-0.4, -0.2) is 28.7 Å². The summed E-state index contributed by atoms with van der Waals surface area (Å²) >= 11 is 1.34. The van der Waals surface area contributed by atoms with Crippen LogP contribution in [0.2, 0.25) is 0 Å². The Morgan fingerprint density at radius 2 is 2.41 bits per heavy atom. The van der Waals surface area contributed by atoms with Crippen LogP contribution in [0.15, 0.2) is 28.7 Å². The van der Waals surface area contributed by atoms with E-state index in [1.165, 1.54) is 17.8 Å². The number of carbonyl (C=O) groups is 1. The SMILES string of the molecule is C=CC1CC(=O)N(c2cc(=O)[nH]c(SC)n2)C1. The standard InChI is InChI=1S/C11H13N3O2S/c1-3-7-4-10(16)14(6-7)8-5-9(15)13-11(12-8)17-2/h3,5,7H,1,4,6H2,2H3,(H,12,13,15). The minimum atomic E-state index is -0.241. The van der Waals surface area contributed by atoms with Gasteiger partial charge in [-0.1, -0.05) is 17.8 Å². The number of hydrogen-bond acceptors (Lipinski definition) is 4. The number of hydrogen-bond donors (Lipinski definition) is 1. The number of amides is 1. The molecule has 2 heterocycles. The van der Waals surface area contributed by atoms with E-state index in [-0.39, 0.29) is 17.4 Å². The molecule has 1 aromatic rings. The zero-order valence-corrected chi connectivity index (χ0v) is 10.3. The van der Waals surface area contributed by atoms with Crippen molar-refractivity contribution in [2.75, 3.05) is 17.7 Å². The largest absolute Gasteiger partial charge is 0.301 e. The summed E-state index contributed by atoms with van der Waals surface area (Å²) in [5, 5.41) is 0.516. The lowest BCUT2D eigenvalue weighted by molar-refractivity contribution is -0.117. The fourth-order valence-corrected chi connectivity index (χ4v) is 2.16. The maximum Gasteiger partial charge on any atom is 0.253 e. The Labute approximate surface area is 103 Å². The minimum Gasteiger partial charge on any atom is -0.301 e. The van der Waals surface area contributed by atoms with Crippen LogP contribution in [0.5, 0.6) is 0 Å². The van der Waals surface area contributed by atoms with Gasteiger partial charge < -0.3 is 4.98 Å². The molecule has 1 aliphatic rings. The first kappa shape index (κ1) is 11.9. The van der Waals surface area contributed by atoms with Crippen LogP contribution in [0.25, 0.3) is 0 Å². The number of nitrogens with zero attached hydrogens (tertiary/aromatic N) is 2. The van der Waals surface area contributed by atoms with Gasteiger partial charge in [-0.15, -0.1) is 6.58 Å². The molecule has 0 aromatic carbocycles. The highest BCUT2D eigenvalue weighted by molar-refractivity contribution is 7.98. The molecule has 6 heteroatoms. The van der Waals surface area contributed by atoms with Crippen molar-refractivity contribution in [2.45, 2.75) is 11.6 Å². The van der Waals surface area contributed by atoms with E-state index < -0.39 is 0 Å². The van der Waals surface area contributed by atoms with Crippen molar-refractivity contribution in [1.29, 1.82) is 0 Å². The molecule has 17 heavy (non-hydrogen) atoms. The Kier molecular flexibility index (Phi) is 3.33. The monoisotopic (exact) mass is 251 g/mol. The molecule has 1 fully saturated rings. The molecule has 5 nitrogen and oxygen atoms in total. The third-order valence-corrected chi connectivity index (χ3v) is 3.24. The molecular weight excluding hydrogens is 238 g/mol. The second-order valence-electron chi connectivity index (χ2n) is 3.82. The Morgan fingerprint density at radius 3 is 3.00 bits per heavy atom. The van der Waals surface area contributed by atoms with E-state index in [4.69, 9.17) is 0 Å². The Morgan fingerprint density at radius 1 is 1.65 bits per heavy atom. The molecule has 2 rings (SSSR count). The molecule has 0 aliphatic carbocycles. The third-order valence-electron chi connectivity index (χ3n) is 2.66. The van der Waals surface area contributed by atoms with Crippen molar-refractivity contribution < 1.29 is 4.79 Å². The van der Waals surface area contributed by atoms with Crippen LogP contribution in [0.4, 0.5) is 5.82 Å². The normalized spacial score (nSPS) is 19.7. The van der Waals surface area contributed by atoms with Crippen molar-refractivity contribution in [2.24, 2.45) is 5.92 Å². The average molecular weight is 251 g/mol. The van der Waals surface area contributed by atoms with Gasteiger partial charge in [0.1, 0.15) is 5.82 Å². The molecule has 1 N–H and O–H groups in total. The molecule has 0 bridgehead atoms. The molecule has 1 aliphatic heterocycles. The van der Waals surface area contributed by atoms with Gasteiger partial charge in [0.25, 0.3) is 5.56 Å². The van der Waals surface area contributed by atoms with Crippen molar-refractivity contribution in [1.82, 2.24) is 9.97 Å². The number of anilines is 1. The predicted octanol–water partition coefficient (Wildman–Crippen LogP) is 1.03. The molecule has 0 saturated carbocycles. The van der Waals surface area contributed by atoms with Crippen molar-refractivity contribution in [3.8, 4) is 0 Å². The lowest BCUT2D eigenvalue weighted by atomic mass is 10.1. The van der Waals surface area contributed by atoms with Crippen molar-refractivity contribution >= 4 is 23.5 Å². The first-order valence-corrected chi connectivity index (χ1v) is 6.45. The number of nitrogens with one attached hydrogen (secondary N) is 1. The summed E-state index contributed by atoms with van der Waals surface area (Å²) in [5.41, 5.74) is -0.241. The number of H-pyrrole nitrogens is 1. The lowest BCUT2D eigenvalue weighted by Crippen LogP contribution is -2.27. The quantitative estimate of drug-likeness (QED) is 0.495. The van der Waals surface area contributed by atoms with Crippen LogP contribution in [0.1, 0.15) is 6.42 Å². The van der Waals surface area contributed by atoms with Crippen LogP contribution < -0.4 is 10.5 Å². The van der Waals surface area contributed by atoms with E-state index in [0.717, 1.165) is 0 Å². The zero-order chi connectivity index (χ0) is 12.4. The van der Waals surface area contributed by atoms with E-state index in [1.54, 1.807) is 11.0 Å². The van der Waals surface area contributed by atoms with Crippen LogP contribution in [0.3, 0.4) is 0 Å². The second kappa shape index (κ2) is 4.75. The van der Waals surface area contributed by atoms with Gasteiger partial charge in [-0.25, -0.2) is 4.98 Å². The fourth-order valence-electron chi connectivity index (χ4n) is 1.77. The van der Waals surface area contributed by atoms with Gasteiger partial charge in [-0.2, -0.15) is 0 Å². The highest BCUT2D eigenvalue weighted by Gasteiger charge is 2.29. The fraction of sp³-hybridized carbons (Fsp3) is 0.364. The molecule has 1 amide bonds. The topological polar surface area (TPSA) is 66.1 Å². The highest BCUT2D eigenvalue weighted by Crippen LogP contribution is 2.23. The summed E-state index contributed by atoms with van der Waals surface area (Å²) in [7, 11) is 0. The van der Waals surface area contributed by atoms with Crippen LogP contribution in [0, 0.1) is 5.92 Å². The first-order chi connectivity index (χ1) is 8.13. The summed E-state index contributed by atoms with van der Waals surface area (Å²) in [6.07, 6.45) is 4.02. The zero-order valence-electron chi connectivity index (χ0n) is 9.47. The third kappa shape index (κ3) is 2.41. The summed E-state index contributed by atoms with van der Waals surface area (Å²) in [5.74, 6) is 0.550. The van der Waals surface area contributed by atoms with E-state index in [0.29, 0.717) is 23.9 Å². The van der Waals surface area contributed by atoms with E-state index in [2.05, 4.69) is 16.5 Å².